The molecule has 0 radical (unpaired) electrons. The minimum Gasteiger partial charge on any atom is -0.493 e. The summed E-state index contributed by atoms with van der Waals surface area (Å²) in [6.45, 7) is 15.3. The largest absolute Gasteiger partial charge is 0.493 e. The first-order valence-corrected chi connectivity index (χ1v) is 11.4. The number of piperazine rings is 1. The molecule has 0 atom stereocenters. The highest BCUT2D eigenvalue weighted by atomic mass is 16.5. The molecule has 0 spiro atoms. The summed E-state index contributed by atoms with van der Waals surface area (Å²) in [7, 11) is 2.20. The Labute approximate surface area is 186 Å². The van der Waals surface area contributed by atoms with Gasteiger partial charge in [-0.25, -0.2) is 4.98 Å². The molecular weight excluding hydrogens is 384 g/mol. The van der Waals surface area contributed by atoms with Gasteiger partial charge in [-0.3, -0.25) is 0 Å². The Morgan fingerprint density at radius 2 is 1.81 bits per heavy atom. The molecule has 166 valence electrons. The molecule has 1 aliphatic rings. The van der Waals surface area contributed by atoms with E-state index in [4.69, 9.17) is 9.72 Å². The summed E-state index contributed by atoms with van der Waals surface area (Å²) in [5, 5.41) is 0. The van der Waals surface area contributed by atoms with E-state index in [-0.39, 0.29) is 5.41 Å². The molecule has 0 aliphatic carbocycles. The third-order valence-corrected chi connectivity index (χ3v) is 6.27. The first-order valence-electron chi connectivity index (χ1n) is 11.4. The van der Waals surface area contributed by atoms with Crippen molar-refractivity contribution < 1.29 is 4.74 Å². The Hall–Kier alpha value is -2.37. The van der Waals surface area contributed by atoms with Crippen LogP contribution < -0.4 is 4.74 Å². The smallest absolute Gasteiger partial charge is 0.138 e. The van der Waals surface area contributed by atoms with E-state index in [1.165, 1.54) is 31.7 Å². The van der Waals surface area contributed by atoms with Crippen LogP contribution in [0.25, 0.3) is 22.4 Å². The second-order valence-corrected chi connectivity index (χ2v) is 9.89. The van der Waals surface area contributed by atoms with Crippen molar-refractivity contribution in [3.8, 4) is 17.1 Å². The monoisotopic (exact) mass is 420 g/mol. The van der Waals surface area contributed by atoms with Gasteiger partial charge >= 0.3 is 0 Å². The summed E-state index contributed by atoms with van der Waals surface area (Å²) in [5.74, 6) is 1.87. The third kappa shape index (κ3) is 5.28. The second-order valence-electron chi connectivity index (χ2n) is 9.89. The van der Waals surface area contributed by atoms with E-state index in [0.717, 1.165) is 53.3 Å². The molecule has 1 fully saturated rings. The van der Waals surface area contributed by atoms with Gasteiger partial charge in [-0.2, -0.15) is 0 Å². The lowest BCUT2D eigenvalue weighted by Gasteiger charge is -2.32. The number of nitrogens with one attached hydrogen (secondary N) is 1. The number of ether oxygens (including phenoxy) is 1. The highest BCUT2D eigenvalue weighted by molar-refractivity contribution is 5.80. The zero-order valence-corrected chi connectivity index (χ0v) is 19.7. The summed E-state index contributed by atoms with van der Waals surface area (Å²) in [6.07, 6.45) is 1.06. The summed E-state index contributed by atoms with van der Waals surface area (Å²) in [5.41, 5.74) is 5.77. The molecule has 1 aliphatic heterocycles. The Kier molecular flexibility index (Phi) is 6.35. The normalized spacial score (nSPS) is 16.2. The van der Waals surface area contributed by atoms with Gasteiger partial charge in [-0.15, -0.1) is 0 Å². The maximum atomic E-state index is 6.08. The SMILES string of the molecule is Cc1cc(-c2nc3ccc(C(C)(C)C)cc3[nH]2)ccc1OCCCN1CCN(C)CC1. The molecular formula is C26H36N4O. The number of fused-ring (bicyclic) bond motifs is 1. The minimum absolute atomic E-state index is 0.124. The van der Waals surface area contributed by atoms with Gasteiger partial charge in [0.1, 0.15) is 11.6 Å². The van der Waals surface area contributed by atoms with Crippen molar-refractivity contribution in [2.75, 3.05) is 46.4 Å². The van der Waals surface area contributed by atoms with E-state index in [1.807, 2.05) is 0 Å². The first-order chi connectivity index (χ1) is 14.8. The van der Waals surface area contributed by atoms with Gasteiger partial charge in [-0.1, -0.05) is 26.8 Å². The molecule has 1 aromatic heterocycles. The molecule has 5 heteroatoms. The summed E-state index contributed by atoms with van der Waals surface area (Å²) < 4.78 is 6.08. The van der Waals surface area contributed by atoms with Crippen LogP contribution in [0.15, 0.2) is 36.4 Å². The van der Waals surface area contributed by atoms with Crippen molar-refractivity contribution in [2.24, 2.45) is 0 Å². The number of hydrogen-bond acceptors (Lipinski definition) is 4. The fourth-order valence-electron chi connectivity index (χ4n) is 4.11. The number of aromatic amines is 1. The van der Waals surface area contributed by atoms with Gasteiger partial charge < -0.3 is 19.5 Å². The molecule has 1 saturated heterocycles. The van der Waals surface area contributed by atoms with E-state index in [2.05, 4.69) is 85.9 Å². The molecule has 4 rings (SSSR count). The van der Waals surface area contributed by atoms with Crippen LogP contribution in [0.5, 0.6) is 5.75 Å². The van der Waals surface area contributed by atoms with E-state index in [9.17, 15) is 0 Å². The standard InChI is InChI=1S/C26H36N4O/c1-19-17-20(25-27-22-9-8-21(26(2,3)4)18-23(22)28-25)7-10-24(19)31-16-6-11-30-14-12-29(5)13-15-30/h7-10,17-18H,6,11-16H2,1-5H3,(H,27,28). The van der Waals surface area contributed by atoms with Crippen LogP contribution in [0.4, 0.5) is 0 Å². The van der Waals surface area contributed by atoms with Crippen molar-refractivity contribution in [1.29, 1.82) is 0 Å². The zero-order valence-electron chi connectivity index (χ0n) is 19.7. The van der Waals surface area contributed by atoms with Crippen LogP contribution in [0.2, 0.25) is 0 Å². The van der Waals surface area contributed by atoms with E-state index < -0.39 is 0 Å². The van der Waals surface area contributed by atoms with Crippen LogP contribution in [-0.4, -0.2) is 66.1 Å². The van der Waals surface area contributed by atoms with Gasteiger partial charge in [0.25, 0.3) is 0 Å². The molecule has 31 heavy (non-hydrogen) atoms. The summed E-state index contributed by atoms with van der Waals surface area (Å²) >= 11 is 0. The zero-order chi connectivity index (χ0) is 22.0. The highest BCUT2D eigenvalue weighted by Gasteiger charge is 2.16. The van der Waals surface area contributed by atoms with Crippen molar-refractivity contribution >= 4 is 11.0 Å². The van der Waals surface area contributed by atoms with Gasteiger partial charge in [0.2, 0.25) is 0 Å². The number of hydrogen-bond donors (Lipinski definition) is 1. The first kappa shape index (κ1) is 21.8. The lowest BCUT2D eigenvalue weighted by molar-refractivity contribution is 0.145. The molecule has 5 nitrogen and oxygen atoms in total. The minimum atomic E-state index is 0.124. The van der Waals surface area contributed by atoms with Gasteiger partial charge in [0, 0.05) is 38.3 Å². The predicted octanol–water partition coefficient (Wildman–Crippen LogP) is 4.85. The Morgan fingerprint density at radius 3 is 2.52 bits per heavy atom. The van der Waals surface area contributed by atoms with E-state index >= 15 is 0 Å². The molecule has 0 amide bonds. The van der Waals surface area contributed by atoms with Crippen LogP contribution in [0.3, 0.4) is 0 Å². The highest BCUT2D eigenvalue weighted by Crippen LogP contribution is 2.29. The molecule has 1 N–H and O–H groups in total. The molecule has 3 aromatic rings. The molecule has 2 heterocycles. The number of benzene rings is 2. The van der Waals surface area contributed by atoms with Gasteiger partial charge in [-0.05, 0) is 67.3 Å². The van der Waals surface area contributed by atoms with Crippen LogP contribution in [0.1, 0.15) is 38.3 Å². The van der Waals surface area contributed by atoms with Crippen LogP contribution >= 0.6 is 0 Å². The fourth-order valence-corrected chi connectivity index (χ4v) is 4.11. The molecule has 2 aromatic carbocycles. The van der Waals surface area contributed by atoms with E-state index in [0.29, 0.717) is 0 Å². The number of aryl methyl sites for hydroxylation is 1. The van der Waals surface area contributed by atoms with Crippen LogP contribution in [0, 0.1) is 6.92 Å². The fraction of sp³-hybridized carbons (Fsp3) is 0.500. The number of H-pyrrole nitrogens is 1. The summed E-state index contributed by atoms with van der Waals surface area (Å²) in [6, 6.07) is 12.9. The number of aromatic nitrogens is 2. The quantitative estimate of drug-likeness (QED) is 0.579. The molecule has 0 unspecified atom stereocenters. The van der Waals surface area contributed by atoms with Crippen molar-refractivity contribution in [2.45, 2.75) is 39.5 Å². The summed E-state index contributed by atoms with van der Waals surface area (Å²) in [4.78, 5) is 13.2. The number of nitrogens with zero attached hydrogens (tertiary/aromatic N) is 3. The van der Waals surface area contributed by atoms with Crippen molar-refractivity contribution in [3.05, 3.63) is 47.5 Å². The van der Waals surface area contributed by atoms with Crippen LogP contribution in [-0.2, 0) is 5.41 Å². The Balaban J connectivity index is 1.38. The lowest BCUT2D eigenvalue weighted by Crippen LogP contribution is -2.44. The van der Waals surface area contributed by atoms with Gasteiger partial charge in [0.15, 0.2) is 0 Å². The van der Waals surface area contributed by atoms with Crippen molar-refractivity contribution in [3.63, 3.8) is 0 Å². The molecule has 0 saturated carbocycles. The maximum Gasteiger partial charge on any atom is 0.138 e. The average molecular weight is 421 g/mol. The Bertz CT molecular complexity index is 1030. The maximum absolute atomic E-state index is 6.08. The second kappa shape index (κ2) is 9.01. The van der Waals surface area contributed by atoms with Gasteiger partial charge in [0.05, 0.1) is 17.6 Å². The lowest BCUT2D eigenvalue weighted by atomic mass is 9.87. The predicted molar refractivity (Wildman–Crippen MR) is 129 cm³/mol. The molecule has 0 bridgehead atoms. The van der Waals surface area contributed by atoms with E-state index in [1.54, 1.807) is 0 Å². The third-order valence-electron chi connectivity index (χ3n) is 6.27. The number of imidazole rings is 1. The van der Waals surface area contributed by atoms with Crippen molar-refractivity contribution in [1.82, 2.24) is 19.8 Å². The topological polar surface area (TPSA) is 44.4 Å². The number of likely N-dealkylation sites (N-methyl/N-ethyl adjacent to an activating group) is 1. The average Bonchev–Trinajstić information content (AvgIpc) is 3.16. The Morgan fingerprint density at radius 1 is 1.03 bits per heavy atom. The number of rotatable bonds is 6.